The van der Waals surface area contributed by atoms with Gasteiger partial charge in [0, 0.05) is 18.3 Å². The maximum Gasteiger partial charge on any atom is 0.340 e. The van der Waals surface area contributed by atoms with Gasteiger partial charge in [-0.05, 0) is 44.7 Å². The number of benzene rings is 1. The summed E-state index contributed by atoms with van der Waals surface area (Å²) in [6.45, 7) is 6.27. The Morgan fingerprint density at radius 1 is 1.20 bits per heavy atom. The number of aromatic nitrogens is 1. The van der Waals surface area contributed by atoms with Crippen molar-refractivity contribution >= 4 is 11.9 Å². The minimum atomic E-state index is -0.381. The first-order valence-electron chi connectivity index (χ1n) is 8.74. The van der Waals surface area contributed by atoms with E-state index in [0.29, 0.717) is 35.7 Å². The molecule has 1 N–H and O–H groups in total. The van der Waals surface area contributed by atoms with E-state index < -0.39 is 0 Å². The molecule has 1 saturated carbocycles. The van der Waals surface area contributed by atoms with Crippen molar-refractivity contribution < 1.29 is 14.3 Å². The summed E-state index contributed by atoms with van der Waals surface area (Å²) in [5.74, 6) is -0.434. The van der Waals surface area contributed by atoms with E-state index in [1.54, 1.807) is 20.8 Å². The fourth-order valence-corrected chi connectivity index (χ4v) is 3.15. The van der Waals surface area contributed by atoms with Crippen molar-refractivity contribution in [1.82, 2.24) is 9.88 Å². The number of nitrogens with one attached hydrogen (secondary N) is 1. The topological polar surface area (TPSA) is 62.4 Å². The van der Waals surface area contributed by atoms with Crippen LogP contribution in [-0.4, -0.2) is 34.4 Å². The van der Waals surface area contributed by atoms with Crippen LogP contribution in [0, 0.1) is 13.8 Å². The molecule has 0 spiro atoms. The number of carbonyl (C=O) groups is 2. The van der Waals surface area contributed by atoms with Gasteiger partial charge < -0.3 is 14.6 Å². The van der Waals surface area contributed by atoms with Gasteiger partial charge in [0.25, 0.3) is 5.91 Å². The summed E-state index contributed by atoms with van der Waals surface area (Å²) in [5, 5.41) is 0. The van der Waals surface area contributed by atoms with Crippen molar-refractivity contribution in [1.29, 1.82) is 0 Å². The van der Waals surface area contributed by atoms with Crippen molar-refractivity contribution in [3.05, 3.63) is 58.4 Å². The van der Waals surface area contributed by atoms with Gasteiger partial charge in [0.15, 0.2) is 0 Å². The van der Waals surface area contributed by atoms with E-state index in [2.05, 4.69) is 4.98 Å². The zero-order valence-electron chi connectivity index (χ0n) is 15.0. The molecule has 5 heteroatoms. The average Bonchev–Trinajstić information content (AvgIpc) is 3.38. The Morgan fingerprint density at radius 3 is 2.48 bits per heavy atom. The lowest BCUT2D eigenvalue weighted by Crippen LogP contribution is -2.33. The van der Waals surface area contributed by atoms with E-state index in [1.807, 2.05) is 35.2 Å². The summed E-state index contributed by atoms with van der Waals surface area (Å²) in [7, 11) is 0. The Bertz CT molecular complexity index is 776. The van der Waals surface area contributed by atoms with Crippen LogP contribution in [0.25, 0.3) is 0 Å². The van der Waals surface area contributed by atoms with E-state index in [-0.39, 0.29) is 17.9 Å². The van der Waals surface area contributed by atoms with E-state index >= 15 is 0 Å². The molecule has 0 aliphatic heterocycles. The molecule has 1 amide bonds. The van der Waals surface area contributed by atoms with Gasteiger partial charge in [-0.3, -0.25) is 4.79 Å². The van der Waals surface area contributed by atoms with Crippen molar-refractivity contribution in [2.75, 3.05) is 6.61 Å². The normalized spacial score (nSPS) is 13.6. The van der Waals surface area contributed by atoms with Gasteiger partial charge in [-0.15, -0.1) is 0 Å². The smallest absolute Gasteiger partial charge is 0.340 e. The molecule has 1 aliphatic rings. The van der Waals surface area contributed by atoms with Crippen molar-refractivity contribution in [2.45, 2.75) is 46.2 Å². The van der Waals surface area contributed by atoms with E-state index in [0.717, 1.165) is 18.4 Å². The monoisotopic (exact) mass is 340 g/mol. The van der Waals surface area contributed by atoms with Gasteiger partial charge in [0.1, 0.15) is 5.69 Å². The average molecular weight is 340 g/mol. The minimum Gasteiger partial charge on any atom is -0.462 e. The van der Waals surface area contributed by atoms with Crippen LogP contribution in [0.15, 0.2) is 30.3 Å². The van der Waals surface area contributed by atoms with E-state index in [4.69, 9.17) is 4.74 Å². The molecule has 0 saturated heterocycles. The van der Waals surface area contributed by atoms with Gasteiger partial charge in [-0.2, -0.15) is 0 Å². The quantitative estimate of drug-likeness (QED) is 0.817. The molecule has 5 nitrogen and oxygen atoms in total. The van der Waals surface area contributed by atoms with Gasteiger partial charge >= 0.3 is 5.97 Å². The number of aryl methyl sites for hydroxylation is 1. The third-order valence-electron chi connectivity index (χ3n) is 4.58. The molecular formula is C20H24N2O3. The molecule has 1 fully saturated rings. The molecule has 1 aromatic heterocycles. The Kier molecular flexibility index (Phi) is 4.93. The summed E-state index contributed by atoms with van der Waals surface area (Å²) in [6.07, 6.45) is 2.06. The number of hydrogen-bond donors (Lipinski definition) is 1. The van der Waals surface area contributed by atoms with Crippen LogP contribution >= 0.6 is 0 Å². The maximum absolute atomic E-state index is 13.1. The largest absolute Gasteiger partial charge is 0.462 e. The number of aromatic amines is 1. The molecule has 0 radical (unpaired) electrons. The van der Waals surface area contributed by atoms with Crippen LogP contribution in [0.2, 0.25) is 0 Å². The molecule has 0 unspecified atom stereocenters. The molecule has 25 heavy (non-hydrogen) atoms. The number of carbonyl (C=O) groups excluding carboxylic acids is 2. The highest BCUT2D eigenvalue weighted by Gasteiger charge is 2.35. The zero-order chi connectivity index (χ0) is 18.0. The summed E-state index contributed by atoms with van der Waals surface area (Å²) in [6, 6.07) is 10.3. The highest BCUT2D eigenvalue weighted by molar-refractivity contribution is 6.00. The molecule has 3 rings (SSSR count). The standard InChI is InChI=1S/C20H24N2O3/c1-4-25-20(24)17-13(2)18(21-14(17)3)19(23)22(16-10-11-16)12-15-8-6-5-7-9-15/h5-9,16,21H,4,10-12H2,1-3H3. The number of ether oxygens (including phenoxy) is 1. The molecule has 1 heterocycles. The summed E-state index contributed by atoms with van der Waals surface area (Å²) < 4.78 is 5.11. The number of nitrogens with zero attached hydrogens (tertiary/aromatic N) is 1. The predicted octanol–water partition coefficient (Wildman–Crippen LogP) is 3.61. The fraction of sp³-hybridized carbons (Fsp3) is 0.400. The maximum atomic E-state index is 13.1. The molecule has 2 aromatic rings. The molecular weight excluding hydrogens is 316 g/mol. The number of H-pyrrole nitrogens is 1. The Balaban J connectivity index is 1.88. The van der Waals surface area contributed by atoms with E-state index in [1.165, 1.54) is 0 Å². The lowest BCUT2D eigenvalue weighted by atomic mass is 10.1. The van der Waals surface area contributed by atoms with Crippen molar-refractivity contribution in [3.63, 3.8) is 0 Å². The molecule has 132 valence electrons. The first-order chi connectivity index (χ1) is 12.0. The third-order valence-corrected chi connectivity index (χ3v) is 4.58. The molecule has 0 bridgehead atoms. The summed E-state index contributed by atoms with van der Waals surface area (Å²) >= 11 is 0. The Labute approximate surface area is 148 Å². The predicted molar refractivity (Wildman–Crippen MR) is 95.6 cm³/mol. The van der Waals surface area contributed by atoms with Crippen LogP contribution in [0.4, 0.5) is 0 Å². The molecule has 1 aliphatic carbocycles. The first-order valence-corrected chi connectivity index (χ1v) is 8.74. The number of rotatable bonds is 6. The number of esters is 1. The van der Waals surface area contributed by atoms with Crippen LogP contribution in [-0.2, 0) is 11.3 Å². The molecule has 1 aromatic carbocycles. The van der Waals surface area contributed by atoms with Crippen LogP contribution in [0.1, 0.15) is 57.4 Å². The Morgan fingerprint density at radius 2 is 1.88 bits per heavy atom. The molecule has 0 atom stereocenters. The van der Waals surface area contributed by atoms with Crippen molar-refractivity contribution in [2.24, 2.45) is 0 Å². The van der Waals surface area contributed by atoms with Gasteiger partial charge in [0.2, 0.25) is 0 Å². The minimum absolute atomic E-state index is 0.0532. The second-order valence-electron chi connectivity index (χ2n) is 6.50. The number of amides is 1. The highest BCUT2D eigenvalue weighted by Crippen LogP contribution is 2.31. The van der Waals surface area contributed by atoms with E-state index in [9.17, 15) is 9.59 Å². The Hall–Kier alpha value is -2.56. The van der Waals surface area contributed by atoms with Crippen LogP contribution in [0.5, 0.6) is 0 Å². The first kappa shape index (κ1) is 17.3. The van der Waals surface area contributed by atoms with Gasteiger partial charge in [-0.25, -0.2) is 4.79 Å². The zero-order valence-corrected chi connectivity index (χ0v) is 15.0. The summed E-state index contributed by atoms with van der Waals surface area (Å²) in [4.78, 5) is 30.3. The van der Waals surface area contributed by atoms with Crippen LogP contribution in [0.3, 0.4) is 0 Å². The SMILES string of the molecule is CCOC(=O)c1c(C)[nH]c(C(=O)N(Cc2ccccc2)C2CC2)c1C. The third kappa shape index (κ3) is 3.60. The van der Waals surface area contributed by atoms with Crippen molar-refractivity contribution in [3.8, 4) is 0 Å². The van der Waals surface area contributed by atoms with Crippen LogP contribution < -0.4 is 0 Å². The fourth-order valence-electron chi connectivity index (χ4n) is 3.15. The lowest BCUT2D eigenvalue weighted by Gasteiger charge is -2.22. The summed E-state index contributed by atoms with van der Waals surface area (Å²) in [5.41, 5.74) is 3.41. The highest BCUT2D eigenvalue weighted by atomic mass is 16.5. The number of hydrogen-bond acceptors (Lipinski definition) is 3. The second kappa shape index (κ2) is 7.13. The van der Waals surface area contributed by atoms with Gasteiger partial charge in [-0.1, -0.05) is 30.3 Å². The second-order valence-corrected chi connectivity index (χ2v) is 6.50. The lowest BCUT2D eigenvalue weighted by molar-refractivity contribution is 0.0525. The van der Waals surface area contributed by atoms with Gasteiger partial charge in [0.05, 0.1) is 12.2 Å².